The predicted octanol–water partition coefficient (Wildman–Crippen LogP) is 5.23. The largest absolute Gasteiger partial charge is 0.328 e. The molecule has 0 spiro atoms. The highest BCUT2D eigenvalue weighted by molar-refractivity contribution is 5.32. The smallest absolute Gasteiger partial charge is 0.285 e. The predicted molar refractivity (Wildman–Crippen MR) is 101 cm³/mol. The lowest BCUT2D eigenvalue weighted by atomic mass is 9.92. The average molecular weight is 358 g/mol. The van der Waals surface area contributed by atoms with Gasteiger partial charge in [0, 0.05) is 25.7 Å². The Morgan fingerprint density at radius 1 is 0.800 bits per heavy atom. The van der Waals surface area contributed by atoms with E-state index in [0.29, 0.717) is 26.4 Å². The molecule has 0 heterocycles. The highest BCUT2D eigenvalue weighted by atomic mass is 16.9. The van der Waals surface area contributed by atoms with Crippen molar-refractivity contribution in [1.29, 1.82) is 0 Å². The lowest BCUT2D eigenvalue weighted by molar-refractivity contribution is -0.403. The minimum absolute atomic E-state index is 0.139. The second-order valence-corrected chi connectivity index (χ2v) is 6.27. The summed E-state index contributed by atoms with van der Waals surface area (Å²) in [7, 11) is 0. The molecule has 0 bridgehead atoms. The van der Waals surface area contributed by atoms with E-state index < -0.39 is 5.97 Å². The van der Waals surface area contributed by atoms with E-state index in [4.69, 9.17) is 14.2 Å². The van der Waals surface area contributed by atoms with Gasteiger partial charge in [0.05, 0.1) is 6.54 Å². The van der Waals surface area contributed by atoms with E-state index in [0.717, 1.165) is 25.7 Å². The van der Waals surface area contributed by atoms with Gasteiger partial charge in [-0.3, -0.25) is 0 Å². The third kappa shape index (κ3) is 10.8. The lowest BCUT2D eigenvalue weighted by Crippen LogP contribution is -2.47. The molecule has 0 aromatic carbocycles. The van der Waals surface area contributed by atoms with E-state index >= 15 is 0 Å². The summed E-state index contributed by atoms with van der Waals surface area (Å²) >= 11 is 0. The molecule has 5 heteroatoms. The summed E-state index contributed by atoms with van der Waals surface area (Å²) in [6.45, 7) is 10.2. The number of nitrogens with zero attached hydrogens (tertiary/aromatic N) is 1. The van der Waals surface area contributed by atoms with Crippen LogP contribution in [0.2, 0.25) is 0 Å². The second-order valence-electron chi connectivity index (χ2n) is 6.27. The van der Waals surface area contributed by atoms with Gasteiger partial charge in [-0.25, -0.2) is 9.79 Å². The van der Waals surface area contributed by atoms with E-state index in [9.17, 15) is 4.79 Å². The normalized spacial score (nSPS) is 12.8. The van der Waals surface area contributed by atoms with Gasteiger partial charge in [-0.15, -0.1) is 0 Å². The van der Waals surface area contributed by atoms with Crippen LogP contribution in [0, 0.1) is 5.92 Å². The molecule has 0 aromatic rings. The first-order valence-corrected chi connectivity index (χ1v) is 10.2. The molecule has 0 saturated carbocycles. The summed E-state index contributed by atoms with van der Waals surface area (Å²) in [6.07, 6.45) is 11.8. The molecule has 148 valence electrons. The fraction of sp³-hybridized carbons (Fsp3) is 0.950. The zero-order valence-corrected chi connectivity index (χ0v) is 16.8. The fourth-order valence-corrected chi connectivity index (χ4v) is 3.21. The molecule has 0 aliphatic rings. The van der Waals surface area contributed by atoms with Crippen LogP contribution in [0.5, 0.6) is 0 Å². The molecule has 0 aliphatic carbocycles. The van der Waals surface area contributed by atoms with Gasteiger partial charge in [0.25, 0.3) is 5.97 Å². The summed E-state index contributed by atoms with van der Waals surface area (Å²) in [6, 6.07) is 0. The van der Waals surface area contributed by atoms with Gasteiger partial charge < -0.3 is 14.2 Å². The van der Waals surface area contributed by atoms with Gasteiger partial charge in [-0.1, -0.05) is 45.4 Å². The Morgan fingerprint density at radius 2 is 1.32 bits per heavy atom. The third-order valence-electron chi connectivity index (χ3n) is 4.33. The van der Waals surface area contributed by atoms with Crippen molar-refractivity contribution >= 4 is 6.08 Å². The summed E-state index contributed by atoms with van der Waals surface area (Å²) in [5, 5.41) is 0. The monoisotopic (exact) mass is 357 g/mol. The molecule has 0 aliphatic heterocycles. The van der Waals surface area contributed by atoms with E-state index in [2.05, 4.69) is 11.9 Å². The zero-order chi connectivity index (χ0) is 18.8. The molecule has 0 fully saturated rings. The van der Waals surface area contributed by atoms with E-state index in [-0.39, 0.29) is 5.92 Å². The van der Waals surface area contributed by atoms with Gasteiger partial charge in [-0.2, -0.15) is 0 Å². The maximum Gasteiger partial charge on any atom is 0.285 e. The van der Waals surface area contributed by atoms with Crippen LogP contribution in [0.15, 0.2) is 4.99 Å². The number of ether oxygens (including phenoxy) is 3. The van der Waals surface area contributed by atoms with Gasteiger partial charge in [0.15, 0.2) is 0 Å². The van der Waals surface area contributed by atoms with Gasteiger partial charge >= 0.3 is 0 Å². The highest BCUT2D eigenvalue weighted by Gasteiger charge is 2.41. The minimum atomic E-state index is -0.980. The maximum absolute atomic E-state index is 10.3. The second kappa shape index (κ2) is 16.7. The Labute approximate surface area is 154 Å². The Bertz CT molecular complexity index is 326. The van der Waals surface area contributed by atoms with Crippen LogP contribution in [0.25, 0.3) is 0 Å². The molecular formula is C20H39NO4. The minimum Gasteiger partial charge on any atom is -0.328 e. The Kier molecular flexibility index (Phi) is 16.2. The first-order valence-electron chi connectivity index (χ1n) is 10.2. The number of aliphatic imine (C=N–C) groups is 1. The zero-order valence-electron chi connectivity index (χ0n) is 16.8. The van der Waals surface area contributed by atoms with Crippen molar-refractivity contribution in [3.63, 3.8) is 0 Å². The SMILES string of the molecule is CCCCCCCCC(CCCN=C=O)C(OCC)(OCC)OCC. The van der Waals surface area contributed by atoms with E-state index in [1.165, 1.54) is 32.1 Å². The molecule has 0 N–H and O–H groups in total. The summed E-state index contributed by atoms with van der Waals surface area (Å²) in [4.78, 5) is 14.0. The first-order chi connectivity index (χ1) is 12.2. The molecule has 0 amide bonds. The van der Waals surface area contributed by atoms with E-state index in [1.54, 1.807) is 6.08 Å². The van der Waals surface area contributed by atoms with Crippen molar-refractivity contribution in [2.75, 3.05) is 26.4 Å². The van der Waals surface area contributed by atoms with Crippen LogP contribution in [-0.2, 0) is 19.0 Å². The van der Waals surface area contributed by atoms with Gasteiger partial charge in [0.2, 0.25) is 6.08 Å². The number of rotatable bonds is 18. The molecule has 0 aromatic heterocycles. The summed E-state index contributed by atoms with van der Waals surface area (Å²) in [5.74, 6) is -0.840. The first kappa shape index (κ1) is 24.3. The number of carbonyl (C=O) groups excluding carboxylic acids is 1. The molecule has 0 radical (unpaired) electrons. The Hall–Kier alpha value is -0.740. The van der Waals surface area contributed by atoms with Crippen LogP contribution < -0.4 is 0 Å². The lowest BCUT2D eigenvalue weighted by Gasteiger charge is -2.39. The molecule has 1 atom stereocenters. The third-order valence-corrected chi connectivity index (χ3v) is 4.33. The van der Waals surface area contributed by atoms with Crippen LogP contribution in [-0.4, -0.2) is 38.4 Å². The average Bonchev–Trinajstić information content (AvgIpc) is 2.60. The highest BCUT2D eigenvalue weighted by Crippen LogP contribution is 2.34. The van der Waals surface area contributed by atoms with Crippen molar-refractivity contribution in [3.05, 3.63) is 0 Å². The summed E-state index contributed by atoms with van der Waals surface area (Å²) < 4.78 is 17.9. The van der Waals surface area contributed by atoms with Crippen molar-refractivity contribution in [3.8, 4) is 0 Å². The van der Waals surface area contributed by atoms with Crippen molar-refractivity contribution in [2.45, 2.75) is 91.5 Å². The number of hydrogen-bond donors (Lipinski definition) is 0. The molecular weight excluding hydrogens is 318 g/mol. The number of isocyanates is 1. The van der Waals surface area contributed by atoms with E-state index in [1.807, 2.05) is 20.8 Å². The van der Waals surface area contributed by atoms with Crippen LogP contribution in [0.1, 0.15) is 85.5 Å². The molecule has 0 rings (SSSR count). The summed E-state index contributed by atoms with van der Waals surface area (Å²) in [5.41, 5.74) is 0. The molecule has 25 heavy (non-hydrogen) atoms. The van der Waals surface area contributed by atoms with Crippen molar-refractivity contribution in [1.82, 2.24) is 0 Å². The quantitative estimate of drug-likeness (QED) is 0.146. The fourth-order valence-electron chi connectivity index (χ4n) is 3.21. The molecule has 5 nitrogen and oxygen atoms in total. The number of hydrogen-bond acceptors (Lipinski definition) is 5. The van der Waals surface area contributed by atoms with Gasteiger partial charge in [0.1, 0.15) is 0 Å². The Morgan fingerprint density at radius 3 is 1.84 bits per heavy atom. The van der Waals surface area contributed by atoms with Crippen LogP contribution in [0.3, 0.4) is 0 Å². The van der Waals surface area contributed by atoms with Crippen LogP contribution in [0.4, 0.5) is 0 Å². The Balaban J connectivity index is 4.83. The standard InChI is InChI=1S/C20H39NO4/c1-5-9-10-11-12-13-15-19(16-14-17-21-18-22)20(23-6-2,24-7-3)25-8-4/h19H,5-17H2,1-4H3. The van der Waals surface area contributed by atoms with Gasteiger partial charge in [-0.05, 0) is 40.0 Å². The topological polar surface area (TPSA) is 57.1 Å². The molecule has 0 saturated heterocycles. The van der Waals surface area contributed by atoms with Crippen molar-refractivity contribution < 1.29 is 19.0 Å². The van der Waals surface area contributed by atoms with Crippen molar-refractivity contribution in [2.24, 2.45) is 10.9 Å². The number of unbranched alkanes of at least 4 members (excludes halogenated alkanes) is 5. The van der Waals surface area contributed by atoms with Crippen LogP contribution >= 0.6 is 0 Å². The maximum atomic E-state index is 10.3. The molecule has 1 unspecified atom stereocenters.